The first-order valence-corrected chi connectivity index (χ1v) is 9.38. The van der Waals surface area contributed by atoms with Crippen LogP contribution in [-0.4, -0.2) is 45.4 Å². The number of piperazine rings is 1. The van der Waals surface area contributed by atoms with Crippen molar-refractivity contribution in [2.24, 2.45) is 0 Å². The van der Waals surface area contributed by atoms with Crippen LogP contribution >= 0.6 is 0 Å². The van der Waals surface area contributed by atoms with Crippen molar-refractivity contribution in [3.05, 3.63) is 29.3 Å². The van der Waals surface area contributed by atoms with Crippen molar-refractivity contribution in [1.82, 2.24) is 4.31 Å². The van der Waals surface area contributed by atoms with Gasteiger partial charge in [-0.1, -0.05) is 6.07 Å². The molecule has 0 atom stereocenters. The van der Waals surface area contributed by atoms with Crippen LogP contribution in [0.25, 0.3) is 0 Å². The second-order valence-electron chi connectivity index (χ2n) is 6.10. The SMILES string of the molecule is N#CCC[NH+]1CCN(S(=O)(=O)c2ccc3c(c2)CCC3)CC1. The Balaban J connectivity index is 1.70. The molecule has 1 N–H and O–H groups in total. The van der Waals surface area contributed by atoms with Crippen LogP contribution in [0.1, 0.15) is 24.0 Å². The highest BCUT2D eigenvalue weighted by Gasteiger charge is 2.30. The maximum atomic E-state index is 12.8. The van der Waals surface area contributed by atoms with E-state index in [1.54, 1.807) is 10.4 Å². The smallest absolute Gasteiger partial charge is 0.243 e. The summed E-state index contributed by atoms with van der Waals surface area (Å²) in [7, 11) is -3.37. The number of sulfonamides is 1. The summed E-state index contributed by atoms with van der Waals surface area (Å²) in [4.78, 5) is 1.76. The van der Waals surface area contributed by atoms with Gasteiger partial charge in [-0.2, -0.15) is 9.57 Å². The van der Waals surface area contributed by atoms with Crippen molar-refractivity contribution in [1.29, 1.82) is 5.26 Å². The van der Waals surface area contributed by atoms with E-state index in [4.69, 9.17) is 5.26 Å². The van der Waals surface area contributed by atoms with E-state index in [1.165, 1.54) is 16.0 Å². The molecule has 1 aliphatic heterocycles. The van der Waals surface area contributed by atoms with Crippen LogP contribution in [0.2, 0.25) is 0 Å². The average molecular weight is 320 g/mol. The monoisotopic (exact) mass is 320 g/mol. The van der Waals surface area contributed by atoms with E-state index >= 15 is 0 Å². The number of hydrogen-bond acceptors (Lipinski definition) is 3. The van der Waals surface area contributed by atoms with Gasteiger partial charge < -0.3 is 4.90 Å². The molecule has 1 fully saturated rings. The van der Waals surface area contributed by atoms with Crippen LogP contribution in [0.4, 0.5) is 0 Å². The number of quaternary nitrogens is 1. The predicted octanol–water partition coefficient (Wildman–Crippen LogP) is -0.0218. The van der Waals surface area contributed by atoms with E-state index in [0.717, 1.165) is 38.9 Å². The van der Waals surface area contributed by atoms with Crippen LogP contribution in [0.3, 0.4) is 0 Å². The maximum absolute atomic E-state index is 12.8. The second kappa shape index (κ2) is 6.37. The Morgan fingerprint density at radius 2 is 1.91 bits per heavy atom. The second-order valence-corrected chi connectivity index (χ2v) is 8.03. The van der Waals surface area contributed by atoms with E-state index < -0.39 is 10.0 Å². The van der Waals surface area contributed by atoms with E-state index in [2.05, 4.69) is 6.07 Å². The Kier molecular flexibility index (Phi) is 4.48. The van der Waals surface area contributed by atoms with Gasteiger partial charge in [0.1, 0.15) is 0 Å². The molecule has 2 aliphatic rings. The zero-order valence-electron chi connectivity index (χ0n) is 12.7. The zero-order valence-corrected chi connectivity index (χ0v) is 13.5. The Morgan fingerprint density at radius 3 is 2.64 bits per heavy atom. The summed E-state index contributed by atoms with van der Waals surface area (Å²) in [5.74, 6) is 0. The van der Waals surface area contributed by atoms with Gasteiger partial charge >= 0.3 is 0 Å². The fourth-order valence-corrected chi connectivity index (χ4v) is 4.88. The molecule has 6 heteroatoms. The lowest BCUT2D eigenvalue weighted by Gasteiger charge is -2.31. The number of benzene rings is 1. The van der Waals surface area contributed by atoms with Gasteiger partial charge in [0, 0.05) is 0 Å². The molecule has 1 heterocycles. The number of rotatable bonds is 4. The Morgan fingerprint density at radius 1 is 1.18 bits per heavy atom. The lowest BCUT2D eigenvalue weighted by Crippen LogP contribution is -3.14. The Hall–Kier alpha value is -1.42. The van der Waals surface area contributed by atoms with Crippen LogP contribution in [0.15, 0.2) is 23.1 Å². The molecule has 0 spiro atoms. The molecule has 0 aromatic heterocycles. The van der Waals surface area contributed by atoms with Crippen molar-refractivity contribution in [2.75, 3.05) is 32.7 Å². The van der Waals surface area contributed by atoms with Crippen LogP contribution in [-0.2, 0) is 22.9 Å². The number of nitrogens with one attached hydrogen (secondary N) is 1. The molecule has 3 rings (SSSR count). The average Bonchev–Trinajstić information content (AvgIpc) is 3.01. The van der Waals surface area contributed by atoms with Crippen molar-refractivity contribution in [2.45, 2.75) is 30.6 Å². The standard InChI is InChI=1S/C16H21N3O2S/c17-7-2-8-18-9-11-19(12-10-18)22(20,21)16-6-5-14-3-1-4-15(14)13-16/h5-6,13H,1-4,8-12H2/p+1. The zero-order chi connectivity index (χ0) is 15.6. The third kappa shape index (κ3) is 3.02. The van der Waals surface area contributed by atoms with Gasteiger partial charge in [-0.05, 0) is 42.5 Å². The molecule has 118 valence electrons. The quantitative estimate of drug-likeness (QED) is 0.848. The van der Waals surface area contributed by atoms with Gasteiger partial charge in [-0.15, -0.1) is 0 Å². The molecule has 5 nitrogen and oxygen atoms in total. The third-order valence-corrected chi connectivity index (χ3v) is 6.62. The summed E-state index contributed by atoms with van der Waals surface area (Å²) in [6, 6.07) is 7.76. The molecule has 1 aliphatic carbocycles. The van der Waals surface area contributed by atoms with E-state index in [1.807, 2.05) is 12.1 Å². The molecule has 1 aromatic carbocycles. The highest BCUT2D eigenvalue weighted by atomic mass is 32.2. The van der Waals surface area contributed by atoms with Crippen LogP contribution < -0.4 is 4.90 Å². The van der Waals surface area contributed by atoms with Gasteiger partial charge in [-0.3, -0.25) is 0 Å². The van der Waals surface area contributed by atoms with Gasteiger partial charge in [0.15, 0.2) is 0 Å². The minimum absolute atomic E-state index is 0.439. The van der Waals surface area contributed by atoms with Crippen molar-refractivity contribution in [3.8, 4) is 6.07 Å². The summed E-state index contributed by atoms with van der Waals surface area (Å²) in [5, 5.41) is 8.63. The number of fused-ring (bicyclic) bond motifs is 1. The van der Waals surface area contributed by atoms with Crippen LogP contribution in [0.5, 0.6) is 0 Å². The molecular weight excluding hydrogens is 298 g/mol. The molecule has 0 saturated carbocycles. The first-order valence-electron chi connectivity index (χ1n) is 7.94. The third-order valence-electron chi connectivity index (χ3n) is 4.73. The Labute approximate surface area is 132 Å². The lowest BCUT2D eigenvalue weighted by atomic mass is 10.1. The Bertz CT molecular complexity index is 686. The topological polar surface area (TPSA) is 65.6 Å². The fourth-order valence-electron chi connectivity index (χ4n) is 3.38. The van der Waals surface area contributed by atoms with Crippen molar-refractivity contribution < 1.29 is 13.3 Å². The van der Waals surface area contributed by atoms with Crippen molar-refractivity contribution >= 4 is 10.0 Å². The highest BCUT2D eigenvalue weighted by Crippen LogP contribution is 2.26. The first-order chi connectivity index (χ1) is 10.6. The summed E-state index contributed by atoms with van der Waals surface area (Å²) in [6.45, 7) is 3.46. The minimum atomic E-state index is -3.37. The molecule has 1 saturated heterocycles. The normalized spacial score (nSPS) is 19.8. The molecule has 0 radical (unpaired) electrons. The summed E-state index contributed by atoms with van der Waals surface area (Å²) in [6.07, 6.45) is 3.72. The number of nitriles is 1. The number of hydrogen-bond donors (Lipinski definition) is 1. The predicted molar refractivity (Wildman–Crippen MR) is 83.0 cm³/mol. The molecule has 0 bridgehead atoms. The van der Waals surface area contributed by atoms with E-state index in [0.29, 0.717) is 24.4 Å². The fraction of sp³-hybridized carbons (Fsp3) is 0.562. The van der Waals surface area contributed by atoms with Gasteiger partial charge in [0.05, 0.1) is 50.1 Å². The molecule has 0 amide bonds. The minimum Gasteiger partial charge on any atom is -0.332 e. The van der Waals surface area contributed by atoms with Gasteiger partial charge in [-0.25, -0.2) is 8.42 Å². The van der Waals surface area contributed by atoms with Gasteiger partial charge in [0.2, 0.25) is 10.0 Å². The van der Waals surface area contributed by atoms with Crippen molar-refractivity contribution in [3.63, 3.8) is 0 Å². The molecule has 1 aromatic rings. The van der Waals surface area contributed by atoms with Gasteiger partial charge in [0.25, 0.3) is 0 Å². The summed E-state index contributed by atoms with van der Waals surface area (Å²) < 4.78 is 27.1. The number of nitrogens with zero attached hydrogens (tertiary/aromatic N) is 2. The molecular formula is C16H22N3O2S+. The maximum Gasteiger partial charge on any atom is 0.243 e. The largest absolute Gasteiger partial charge is 0.332 e. The highest BCUT2D eigenvalue weighted by molar-refractivity contribution is 7.89. The summed E-state index contributed by atoms with van der Waals surface area (Å²) >= 11 is 0. The first kappa shape index (κ1) is 15.5. The van der Waals surface area contributed by atoms with Crippen LogP contribution in [0, 0.1) is 11.3 Å². The molecule has 22 heavy (non-hydrogen) atoms. The summed E-state index contributed by atoms with van der Waals surface area (Å²) in [5.41, 5.74) is 2.49. The van der Waals surface area contributed by atoms with E-state index in [9.17, 15) is 8.42 Å². The lowest BCUT2D eigenvalue weighted by molar-refractivity contribution is -0.903. The number of aryl methyl sites for hydroxylation is 2. The molecule has 0 unspecified atom stereocenters. The van der Waals surface area contributed by atoms with E-state index in [-0.39, 0.29) is 0 Å².